The highest BCUT2D eigenvalue weighted by molar-refractivity contribution is 5.77. The van der Waals surface area contributed by atoms with E-state index in [0.717, 1.165) is 19.4 Å². The molecule has 0 spiro atoms. The second-order valence-corrected chi connectivity index (χ2v) is 4.14. The van der Waals surface area contributed by atoms with Crippen molar-refractivity contribution in [2.45, 2.75) is 25.9 Å². The number of hydrogen-bond acceptors (Lipinski definition) is 3. The van der Waals surface area contributed by atoms with Crippen LogP contribution in [0.4, 0.5) is 0 Å². The van der Waals surface area contributed by atoms with Crippen LogP contribution in [0.5, 0.6) is 0 Å². The molecule has 0 aromatic rings. The van der Waals surface area contributed by atoms with E-state index < -0.39 is 0 Å². The molecule has 1 aliphatic rings. The molecule has 0 aliphatic heterocycles. The van der Waals surface area contributed by atoms with E-state index in [2.05, 4.69) is 5.32 Å². The van der Waals surface area contributed by atoms with Crippen molar-refractivity contribution in [1.29, 1.82) is 0 Å². The van der Waals surface area contributed by atoms with Crippen LogP contribution in [0.15, 0.2) is 0 Å². The molecule has 4 nitrogen and oxygen atoms in total. The van der Waals surface area contributed by atoms with Crippen LogP contribution in [0.1, 0.15) is 19.8 Å². The molecule has 1 fully saturated rings. The highest BCUT2D eigenvalue weighted by Gasteiger charge is 2.28. The maximum Gasteiger partial charge on any atom is 0.234 e. The third kappa shape index (κ3) is 3.64. The summed E-state index contributed by atoms with van der Waals surface area (Å²) < 4.78 is 0. The third-order valence-corrected chi connectivity index (χ3v) is 2.57. The van der Waals surface area contributed by atoms with Gasteiger partial charge in [-0.2, -0.15) is 0 Å². The number of carbonyl (C=O) groups is 1. The van der Waals surface area contributed by atoms with Gasteiger partial charge in [0.2, 0.25) is 5.91 Å². The molecule has 1 saturated carbocycles. The first kappa shape index (κ1) is 11.5. The molecule has 0 aromatic carbocycles. The third-order valence-electron chi connectivity index (χ3n) is 2.57. The highest BCUT2D eigenvalue weighted by Crippen LogP contribution is 2.27. The summed E-state index contributed by atoms with van der Waals surface area (Å²) in [5, 5.41) is 11.9. The van der Waals surface area contributed by atoms with Gasteiger partial charge in [0.25, 0.3) is 0 Å². The fourth-order valence-corrected chi connectivity index (χ4v) is 1.85. The minimum atomic E-state index is -0.0992. The number of aliphatic hydroxyl groups excluding tert-OH is 1. The van der Waals surface area contributed by atoms with Gasteiger partial charge in [-0.25, -0.2) is 0 Å². The van der Waals surface area contributed by atoms with Crippen LogP contribution in [0, 0.1) is 5.92 Å². The van der Waals surface area contributed by atoms with E-state index >= 15 is 0 Å². The Morgan fingerprint density at radius 3 is 2.71 bits per heavy atom. The average Bonchev–Trinajstić information content (AvgIpc) is 2.01. The number of likely N-dealkylation sites (N-methyl/N-ethyl adjacent to an activating group) is 2. The van der Waals surface area contributed by atoms with Crippen LogP contribution in [-0.4, -0.2) is 48.7 Å². The topological polar surface area (TPSA) is 52.6 Å². The lowest BCUT2D eigenvalue weighted by Gasteiger charge is -2.34. The molecular formula is C10H20N2O2. The van der Waals surface area contributed by atoms with Crippen molar-refractivity contribution in [3.8, 4) is 0 Å². The number of amides is 1. The fourth-order valence-electron chi connectivity index (χ4n) is 1.85. The number of carbonyl (C=O) groups excluding carboxylic acids is 1. The van der Waals surface area contributed by atoms with E-state index in [1.165, 1.54) is 0 Å². The molecule has 0 radical (unpaired) electrons. The minimum absolute atomic E-state index is 0.0786. The standard InChI is InChI=1S/C10H20N2O2/c1-3-11-10(14)7-12(2)6-8-4-9(13)5-8/h8-9,13H,3-7H2,1-2H3,(H,11,14). The van der Waals surface area contributed by atoms with Crippen molar-refractivity contribution in [3.63, 3.8) is 0 Å². The smallest absolute Gasteiger partial charge is 0.234 e. The summed E-state index contributed by atoms with van der Waals surface area (Å²) in [4.78, 5) is 13.2. The molecule has 2 N–H and O–H groups in total. The van der Waals surface area contributed by atoms with Crippen LogP contribution >= 0.6 is 0 Å². The van der Waals surface area contributed by atoms with Crippen molar-refractivity contribution in [2.75, 3.05) is 26.7 Å². The number of hydrogen-bond donors (Lipinski definition) is 2. The van der Waals surface area contributed by atoms with E-state index in [-0.39, 0.29) is 12.0 Å². The maximum atomic E-state index is 11.2. The Morgan fingerprint density at radius 1 is 1.57 bits per heavy atom. The Hall–Kier alpha value is -0.610. The Morgan fingerprint density at radius 2 is 2.21 bits per heavy atom. The molecule has 1 amide bonds. The van der Waals surface area contributed by atoms with Gasteiger partial charge in [0.1, 0.15) is 0 Å². The van der Waals surface area contributed by atoms with Crippen LogP contribution in [0.3, 0.4) is 0 Å². The Balaban J connectivity index is 2.09. The monoisotopic (exact) mass is 200 g/mol. The zero-order valence-corrected chi connectivity index (χ0v) is 8.99. The second kappa shape index (κ2) is 5.32. The maximum absolute atomic E-state index is 11.2. The molecular weight excluding hydrogens is 180 g/mol. The van der Waals surface area contributed by atoms with E-state index in [1.807, 2.05) is 18.9 Å². The molecule has 0 unspecified atom stereocenters. The Labute approximate surface area is 85.3 Å². The normalized spacial score (nSPS) is 26.0. The zero-order valence-electron chi connectivity index (χ0n) is 8.99. The summed E-state index contributed by atoms with van der Waals surface area (Å²) >= 11 is 0. The molecule has 82 valence electrons. The van der Waals surface area contributed by atoms with Crippen molar-refractivity contribution in [3.05, 3.63) is 0 Å². The van der Waals surface area contributed by atoms with Gasteiger partial charge in [0.15, 0.2) is 0 Å². The lowest BCUT2D eigenvalue weighted by Crippen LogP contribution is -2.41. The Kier molecular flexibility index (Phi) is 4.35. The lowest BCUT2D eigenvalue weighted by atomic mass is 9.82. The summed E-state index contributed by atoms with van der Waals surface area (Å²) in [6.45, 7) is 3.98. The first-order valence-electron chi connectivity index (χ1n) is 5.25. The van der Waals surface area contributed by atoms with Gasteiger partial charge < -0.3 is 10.4 Å². The van der Waals surface area contributed by atoms with Crippen molar-refractivity contribution in [1.82, 2.24) is 10.2 Å². The van der Waals surface area contributed by atoms with Crippen molar-refractivity contribution in [2.24, 2.45) is 5.92 Å². The van der Waals surface area contributed by atoms with Crippen LogP contribution in [0.2, 0.25) is 0 Å². The number of nitrogens with zero attached hydrogens (tertiary/aromatic N) is 1. The van der Waals surface area contributed by atoms with E-state index in [1.54, 1.807) is 0 Å². The van der Waals surface area contributed by atoms with Crippen molar-refractivity contribution < 1.29 is 9.90 Å². The first-order valence-corrected chi connectivity index (χ1v) is 5.25. The molecule has 0 atom stereocenters. The van der Waals surface area contributed by atoms with Crippen LogP contribution in [0.25, 0.3) is 0 Å². The number of nitrogens with one attached hydrogen (secondary N) is 1. The molecule has 0 aromatic heterocycles. The van der Waals surface area contributed by atoms with Gasteiger partial charge >= 0.3 is 0 Å². The largest absolute Gasteiger partial charge is 0.393 e. The molecule has 1 rings (SSSR count). The predicted molar refractivity (Wildman–Crippen MR) is 54.9 cm³/mol. The quantitative estimate of drug-likeness (QED) is 0.647. The second-order valence-electron chi connectivity index (χ2n) is 4.14. The fraction of sp³-hybridized carbons (Fsp3) is 0.900. The van der Waals surface area contributed by atoms with E-state index in [0.29, 0.717) is 19.0 Å². The molecule has 0 saturated heterocycles. The summed E-state index contributed by atoms with van der Waals surface area (Å²) in [5.41, 5.74) is 0. The molecule has 1 aliphatic carbocycles. The van der Waals surface area contributed by atoms with Crippen LogP contribution in [-0.2, 0) is 4.79 Å². The summed E-state index contributed by atoms with van der Waals surface area (Å²) in [6, 6.07) is 0. The van der Waals surface area contributed by atoms with Gasteiger partial charge in [-0.3, -0.25) is 9.69 Å². The molecule has 14 heavy (non-hydrogen) atoms. The number of aliphatic hydroxyl groups is 1. The average molecular weight is 200 g/mol. The van der Waals surface area contributed by atoms with Crippen LogP contribution < -0.4 is 5.32 Å². The number of rotatable bonds is 5. The van der Waals surface area contributed by atoms with Gasteiger partial charge in [0.05, 0.1) is 12.6 Å². The molecule has 0 bridgehead atoms. The molecule has 4 heteroatoms. The lowest BCUT2D eigenvalue weighted by molar-refractivity contribution is -0.122. The minimum Gasteiger partial charge on any atom is -0.393 e. The first-order chi connectivity index (χ1) is 6.61. The Bertz CT molecular complexity index is 191. The van der Waals surface area contributed by atoms with E-state index in [4.69, 9.17) is 5.11 Å². The summed E-state index contributed by atoms with van der Waals surface area (Å²) in [7, 11) is 1.94. The molecule has 0 heterocycles. The van der Waals surface area contributed by atoms with Gasteiger partial charge in [-0.1, -0.05) is 0 Å². The van der Waals surface area contributed by atoms with Gasteiger partial charge in [0, 0.05) is 13.1 Å². The SMILES string of the molecule is CCNC(=O)CN(C)CC1CC(O)C1. The summed E-state index contributed by atoms with van der Waals surface area (Å²) in [6.07, 6.45) is 1.68. The predicted octanol–water partition coefficient (Wildman–Crippen LogP) is -0.175. The summed E-state index contributed by atoms with van der Waals surface area (Å²) in [5.74, 6) is 0.652. The zero-order chi connectivity index (χ0) is 10.6. The van der Waals surface area contributed by atoms with Gasteiger partial charge in [-0.05, 0) is 32.7 Å². The van der Waals surface area contributed by atoms with Gasteiger partial charge in [-0.15, -0.1) is 0 Å². The van der Waals surface area contributed by atoms with Crippen molar-refractivity contribution >= 4 is 5.91 Å². The van der Waals surface area contributed by atoms with E-state index in [9.17, 15) is 4.79 Å². The highest BCUT2D eigenvalue weighted by atomic mass is 16.3.